The zero-order valence-electron chi connectivity index (χ0n) is 10.6. The quantitative estimate of drug-likeness (QED) is 0.754. The lowest BCUT2D eigenvalue weighted by molar-refractivity contribution is 0.0899. The van der Waals surface area contributed by atoms with Crippen LogP contribution in [0, 0.1) is 19.8 Å². The van der Waals surface area contributed by atoms with E-state index in [1.54, 1.807) is 7.11 Å². The highest BCUT2D eigenvalue weighted by Crippen LogP contribution is 2.26. The van der Waals surface area contributed by atoms with Crippen LogP contribution in [-0.2, 0) is 4.74 Å². The van der Waals surface area contributed by atoms with E-state index in [2.05, 4.69) is 0 Å². The van der Waals surface area contributed by atoms with E-state index in [0.29, 0.717) is 13.2 Å². The van der Waals surface area contributed by atoms with Gasteiger partial charge in [0.15, 0.2) is 5.78 Å². The number of ketones is 1. The summed E-state index contributed by atoms with van der Waals surface area (Å²) in [7, 11) is 1.65. The second-order valence-corrected chi connectivity index (χ2v) is 4.56. The van der Waals surface area contributed by atoms with Crippen LogP contribution in [0.4, 0.5) is 0 Å². The molecule has 1 saturated heterocycles. The van der Waals surface area contributed by atoms with Gasteiger partial charge in [0.2, 0.25) is 0 Å². The predicted molar refractivity (Wildman–Crippen MR) is 65.7 cm³/mol. The van der Waals surface area contributed by atoms with Crippen LogP contribution in [0.15, 0.2) is 12.1 Å². The topological polar surface area (TPSA) is 35.5 Å². The maximum absolute atomic E-state index is 12.3. The highest BCUT2D eigenvalue weighted by molar-refractivity contribution is 5.99. The van der Waals surface area contributed by atoms with Crippen LogP contribution in [0.25, 0.3) is 0 Å². The molecule has 1 aromatic carbocycles. The van der Waals surface area contributed by atoms with E-state index in [1.807, 2.05) is 26.0 Å². The standard InChI is InChI=1S/C14H18O3/c1-9-7-13(16-3)10(2)6-12(9)14(15)11-4-5-17-8-11/h6-7,11H,4-5,8H2,1-3H3. The molecule has 0 saturated carbocycles. The van der Waals surface area contributed by atoms with Crippen LogP contribution >= 0.6 is 0 Å². The summed E-state index contributed by atoms with van der Waals surface area (Å²) in [6.45, 7) is 5.17. The number of rotatable bonds is 3. The molecule has 0 radical (unpaired) electrons. The van der Waals surface area contributed by atoms with Crippen molar-refractivity contribution in [2.45, 2.75) is 20.3 Å². The van der Waals surface area contributed by atoms with Crippen molar-refractivity contribution in [2.24, 2.45) is 5.92 Å². The summed E-state index contributed by atoms with van der Waals surface area (Å²) in [6.07, 6.45) is 0.837. The molecule has 0 aromatic heterocycles. The molecule has 1 aromatic rings. The minimum Gasteiger partial charge on any atom is -0.496 e. The van der Waals surface area contributed by atoms with Crippen molar-refractivity contribution >= 4 is 5.78 Å². The monoisotopic (exact) mass is 234 g/mol. The lowest BCUT2D eigenvalue weighted by Crippen LogP contribution is -2.16. The number of Topliss-reactive ketones (excluding diaryl/α,β-unsaturated/α-hetero) is 1. The third kappa shape index (κ3) is 2.34. The van der Waals surface area contributed by atoms with Gasteiger partial charge in [-0.3, -0.25) is 4.79 Å². The van der Waals surface area contributed by atoms with Crippen molar-refractivity contribution in [1.82, 2.24) is 0 Å². The van der Waals surface area contributed by atoms with E-state index in [0.717, 1.165) is 28.9 Å². The molecule has 3 nitrogen and oxygen atoms in total. The minimum atomic E-state index is 0.0292. The first kappa shape index (κ1) is 12.1. The number of carbonyl (C=O) groups is 1. The Bertz CT molecular complexity index is 431. The lowest BCUT2D eigenvalue weighted by Gasteiger charge is -2.13. The van der Waals surface area contributed by atoms with Gasteiger partial charge in [-0.05, 0) is 43.5 Å². The number of aryl methyl sites for hydroxylation is 2. The van der Waals surface area contributed by atoms with Gasteiger partial charge >= 0.3 is 0 Å². The first-order chi connectivity index (χ1) is 8.13. The van der Waals surface area contributed by atoms with Crippen molar-refractivity contribution < 1.29 is 14.3 Å². The van der Waals surface area contributed by atoms with Crippen LogP contribution < -0.4 is 4.74 Å². The van der Waals surface area contributed by atoms with E-state index in [-0.39, 0.29) is 11.7 Å². The first-order valence-corrected chi connectivity index (χ1v) is 5.90. The number of ether oxygens (including phenoxy) is 2. The van der Waals surface area contributed by atoms with Crippen molar-refractivity contribution in [3.63, 3.8) is 0 Å². The normalized spacial score (nSPS) is 19.4. The molecule has 1 aliphatic rings. The molecule has 1 aliphatic heterocycles. The molecule has 3 heteroatoms. The van der Waals surface area contributed by atoms with E-state index in [9.17, 15) is 4.79 Å². The summed E-state index contributed by atoms with van der Waals surface area (Å²) in [5.74, 6) is 1.06. The summed E-state index contributed by atoms with van der Waals surface area (Å²) in [5, 5.41) is 0. The minimum absolute atomic E-state index is 0.0292. The summed E-state index contributed by atoms with van der Waals surface area (Å²) < 4.78 is 10.5. The summed E-state index contributed by atoms with van der Waals surface area (Å²) in [4.78, 5) is 12.3. The smallest absolute Gasteiger partial charge is 0.168 e. The molecule has 92 valence electrons. The Balaban J connectivity index is 2.31. The van der Waals surface area contributed by atoms with Gasteiger partial charge < -0.3 is 9.47 Å². The summed E-state index contributed by atoms with van der Waals surface area (Å²) in [6, 6.07) is 3.85. The number of hydrogen-bond donors (Lipinski definition) is 0. The van der Waals surface area contributed by atoms with Crippen molar-refractivity contribution in [3.05, 3.63) is 28.8 Å². The molecular formula is C14H18O3. The Labute approximate surface area is 102 Å². The lowest BCUT2D eigenvalue weighted by atomic mass is 9.92. The second kappa shape index (κ2) is 4.88. The van der Waals surface area contributed by atoms with Gasteiger partial charge in [-0.1, -0.05) is 0 Å². The van der Waals surface area contributed by atoms with Gasteiger partial charge in [-0.15, -0.1) is 0 Å². The molecule has 0 amide bonds. The maximum atomic E-state index is 12.3. The highest BCUT2D eigenvalue weighted by atomic mass is 16.5. The van der Waals surface area contributed by atoms with Crippen LogP contribution in [0.1, 0.15) is 27.9 Å². The zero-order chi connectivity index (χ0) is 12.4. The summed E-state index contributed by atoms with van der Waals surface area (Å²) in [5.41, 5.74) is 2.78. The molecule has 0 spiro atoms. The van der Waals surface area contributed by atoms with Crippen LogP contribution in [-0.4, -0.2) is 26.1 Å². The largest absolute Gasteiger partial charge is 0.496 e. The fraction of sp³-hybridized carbons (Fsp3) is 0.500. The Hall–Kier alpha value is -1.35. The van der Waals surface area contributed by atoms with Crippen LogP contribution in [0.2, 0.25) is 0 Å². The molecule has 1 fully saturated rings. The number of hydrogen-bond acceptors (Lipinski definition) is 3. The molecule has 1 atom stereocenters. The Morgan fingerprint density at radius 3 is 2.71 bits per heavy atom. The molecular weight excluding hydrogens is 216 g/mol. The molecule has 0 N–H and O–H groups in total. The molecule has 0 aliphatic carbocycles. The number of methoxy groups -OCH3 is 1. The SMILES string of the molecule is COc1cc(C)c(C(=O)C2CCOC2)cc1C. The Morgan fingerprint density at radius 2 is 2.12 bits per heavy atom. The van der Waals surface area contributed by atoms with E-state index in [1.165, 1.54) is 0 Å². The van der Waals surface area contributed by atoms with Crippen LogP contribution in [0.3, 0.4) is 0 Å². The molecule has 0 bridgehead atoms. The second-order valence-electron chi connectivity index (χ2n) is 4.56. The van der Waals surface area contributed by atoms with Gasteiger partial charge in [0.05, 0.1) is 13.7 Å². The maximum Gasteiger partial charge on any atom is 0.168 e. The fourth-order valence-corrected chi connectivity index (χ4v) is 2.24. The first-order valence-electron chi connectivity index (χ1n) is 5.90. The van der Waals surface area contributed by atoms with Crippen molar-refractivity contribution in [1.29, 1.82) is 0 Å². The molecule has 1 unspecified atom stereocenters. The number of benzene rings is 1. The van der Waals surface area contributed by atoms with E-state index in [4.69, 9.17) is 9.47 Å². The average molecular weight is 234 g/mol. The predicted octanol–water partition coefficient (Wildman–Crippen LogP) is 2.53. The van der Waals surface area contributed by atoms with Gasteiger partial charge in [-0.25, -0.2) is 0 Å². The fourth-order valence-electron chi connectivity index (χ4n) is 2.24. The van der Waals surface area contributed by atoms with Crippen molar-refractivity contribution in [3.8, 4) is 5.75 Å². The van der Waals surface area contributed by atoms with E-state index >= 15 is 0 Å². The Kier molecular flexibility index (Phi) is 3.48. The molecule has 1 heterocycles. The van der Waals surface area contributed by atoms with Gasteiger partial charge in [0.1, 0.15) is 5.75 Å². The van der Waals surface area contributed by atoms with Gasteiger partial charge in [0.25, 0.3) is 0 Å². The van der Waals surface area contributed by atoms with Crippen LogP contribution in [0.5, 0.6) is 5.75 Å². The molecule has 17 heavy (non-hydrogen) atoms. The zero-order valence-corrected chi connectivity index (χ0v) is 10.6. The Morgan fingerprint density at radius 1 is 1.35 bits per heavy atom. The molecule has 2 rings (SSSR count). The van der Waals surface area contributed by atoms with Crippen molar-refractivity contribution in [2.75, 3.05) is 20.3 Å². The summed E-state index contributed by atoms with van der Waals surface area (Å²) >= 11 is 0. The third-order valence-electron chi connectivity index (χ3n) is 3.31. The van der Waals surface area contributed by atoms with Gasteiger partial charge in [0, 0.05) is 18.1 Å². The average Bonchev–Trinajstić information content (AvgIpc) is 2.84. The van der Waals surface area contributed by atoms with Gasteiger partial charge in [-0.2, -0.15) is 0 Å². The van der Waals surface area contributed by atoms with E-state index < -0.39 is 0 Å². The number of carbonyl (C=O) groups excluding carboxylic acids is 1. The third-order valence-corrected chi connectivity index (χ3v) is 3.31. The highest BCUT2D eigenvalue weighted by Gasteiger charge is 2.26.